The van der Waals surface area contributed by atoms with E-state index in [1.165, 1.54) is 15.3 Å². The highest BCUT2D eigenvalue weighted by Crippen LogP contribution is 2.26. The Labute approximate surface area is 129 Å². The van der Waals surface area contributed by atoms with Crippen LogP contribution in [-0.4, -0.2) is 19.0 Å². The van der Waals surface area contributed by atoms with E-state index >= 15 is 0 Å². The fourth-order valence-corrected chi connectivity index (χ4v) is 3.62. The van der Waals surface area contributed by atoms with Crippen LogP contribution in [0.4, 0.5) is 5.69 Å². The molecular weight excluding hydrogens is 280 g/mol. The fourth-order valence-electron chi connectivity index (χ4n) is 2.76. The number of fused-ring (bicyclic) bond motifs is 1. The summed E-state index contributed by atoms with van der Waals surface area (Å²) in [4.78, 5) is 16.9. The van der Waals surface area contributed by atoms with Crippen molar-refractivity contribution in [3.63, 3.8) is 0 Å². The maximum absolute atomic E-state index is 12.4. The highest BCUT2D eigenvalue weighted by molar-refractivity contribution is 7.11. The SMILES string of the molecule is Cc1ccc(CNCC(=O)N2CCCc3ccccc32)s1. The molecule has 0 bridgehead atoms. The summed E-state index contributed by atoms with van der Waals surface area (Å²) in [5.74, 6) is 0.162. The number of nitrogens with one attached hydrogen (secondary N) is 1. The summed E-state index contributed by atoms with van der Waals surface area (Å²) in [7, 11) is 0. The number of benzene rings is 1. The van der Waals surface area contributed by atoms with Gasteiger partial charge in [0.25, 0.3) is 0 Å². The number of aryl methyl sites for hydroxylation is 2. The molecule has 0 unspecified atom stereocenters. The first-order chi connectivity index (χ1) is 10.2. The maximum Gasteiger partial charge on any atom is 0.240 e. The molecule has 0 atom stereocenters. The largest absolute Gasteiger partial charge is 0.311 e. The fraction of sp³-hybridized carbons (Fsp3) is 0.353. The molecule has 0 saturated carbocycles. The second-order valence-electron chi connectivity index (χ2n) is 5.39. The van der Waals surface area contributed by atoms with Crippen molar-refractivity contribution in [2.24, 2.45) is 0 Å². The zero-order chi connectivity index (χ0) is 14.7. The third-order valence-electron chi connectivity index (χ3n) is 3.78. The molecule has 0 fully saturated rings. The first kappa shape index (κ1) is 14.3. The molecule has 1 aliphatic rings. The molecule has 110 valence electrons. The third kappa shape index (κ3) is 3.34. The standard InChI is InChI=1S/C17H20N2OS/c1-13-8-9-15(21-13)11-18-12-17(20)19-10-4-6-14-5-2-3-7-16(14)19/h2-3,5,7-9,18H,4,6,10-12H2,1H3. The van der Waals surface area contributed by atoms with Crippen molar-refractivity contribution in [1.82, 2.24) is 5.32 Å². The number of hydrogen-bond acceptors (Lipinski definition) is 3. The van der Waals surface area contributed by atoms with E-state index in [2.05, 4.69) is 36.5 Å². The van der Waals surface area contributed by atoms with Crippen LogP contribution in [0, 0.1) is 6.92 Å². The van der Waals surface area contributed by atoms with Gasteiger partial charge in [-0.05, 0) is 43.5 Å². The van der Waals surface area contributed by atoms with Crippen molar-refractivity contribution in [2.75, 3.05) is 18.0 Å². The van der Waals surface area contributed by atoms with Crippen LogP contribution in [0.2, 0.25) is 0 Å². The Morgan fingerprint density at radius 2 is 2.14 bits per heavy atom. The summed E-state index contributed by atoms with van der Waals surface area (Å²) in [5.41, 5.74) is 2.37. The highest BCUT2D eigenvalue weighted by atomic mass is 32.1. The number of hydrogen-bond donors (Lipinski definition) is 1. The lowest BCUT2D eigenvalue weighted by Gasteiger charge is -2.29. The molecule has 1 aromatic heterocycles. The Hall–Kier alpha value is -1.65. The normalized spacial score (nSPS) is 14.0. The maximum atomic E-state index is 12.4. The number of amides is 1. The van der Waals surface area contributed by atoms with Crippen LogP contribution >= 0.6 is 11.3 Å². The Morgan fingerprint density at radius 1 is 1.29 bits per heavy atom. The molecule has 21 heavy (non-hydrogen) atoms. The van der Waals surface area contributed by atoms with E-state index in [-0.39, 0.29) is 5.91 Å². The van der Waals surface area contributed by atoms with Crippen molar-refractivity contribution in [3.05, 3.63) is 51.7 Å². The van der Waals surface area contributed by atoms with Crippen molar-refractivity contribution < 1.29 is 4.79 Å². The van der Waals surface area contributed by atoms with Gasteiger partial charge in [0.15, 0.2) is 0 Å². The van der Waals surface area contributed by atoms with Gasteiger partial charge < -0.3 is 10.2 Å². The predicted octanol–water partition coefficient (Wildman–Crippen LogP) is 3.13. The first-order valence-electron chi connectivity index (χ1n) is 7.38. The van der Waals surface area contributed by atoms with Gasteiger partial charge >= 0.3 is 0 Å². The molecular formula is C17H20N2OS. The number of thiophene rings is 1. The molecule has 0 radical (unpaired) electrons. The van der Waals surface area contributed by atoms with Gasteiger partial charge in [0.1, 0.15) is 0 Å². The Balaban J connectivity index is 1.59. The van der Waals surface area contributed by atoms with Crippen molar-refractivity contribution >= 4 is 22.9 Å². The van der Waals surface area contributed by atoms with Crippen LogP contribution in [0.25, 0.3) is 0 Å². The average Bonchev–Trinajstić information content (AvgIpc) is 2.92. The summed E-state index contributed by atoms with van der Waals surface area (Å²) >= 11 is 1.78. The zero-order valence-corrected chi connectivity index (χ0v) is 13.1. The highest BCUT2D eigenvalue weighted by Gasteiger charge is 2.21. The van der Waals surface area contributed by atoms with Gasteiger partial charge in [-0.2, -0.15) is 0 Å². The molecule has 1 aromatic carbocycles. The Morgan fingerprint density at radius 3 is 2.95 bits per heavy atom. The van der Waals surface area contributed by atoms with E-state index in [1.54, 1.807) is 11.3 Å². The summed E-state index contributed by atoms with van der Waals surface area (Å²) in [6, 6.07) is 12.5. The number of carbonyl (C=O) groups is 1. The van der Waals surface area contributed by atoms with Crippen LogP contribution < -0.4 is 10.2 Å². The number of anilines is 1. The second-order valence-corrected chi connectivity index (χ2v) is 6.77. The summed E-state index contributed by atoms with van der Waals surface area (Å²) in [6.45, 7) is 4.09. The second kappa shape index (κ2) is 6.41. The van der Waals surface area contributed by atoms with Gasteiger partial charge in [0.05, 0.1) is 6.54 Å². The smallest absolute Gasteiger partial charge is 0.240 e. The topological polar surface area (TPSA) is 32.3 Å². The number of rotatable bonds is 4. The quantitative estimate of drug-likeness (QED) is 0.941. The average molecular weight is 300 g/mol. The van der Waals surface area contributed by atoms with Crippen LogP contribution in [-0.2, 0) is 17.8 Å². The molecule has 0 aliphatic carbocycles. The molecule has 3 nitrogen and oxygen atoms in total. The molecule has 1 aliphatic heterocycles. The van der Waals surface area contributed by atoms with Crippen molar-refractivity contribution in [2.45, 2.75) is 26.3 Å². The van der Waals surface area contributed by atoms with Gasteiger partial charge in [-0.25, -0.2) is 0 Å². The lowest BCUT2D eigenvalue weighted by molar-refractivity contribution is -0.117. The van der Waals surface area contributed by atoms with E-state index in [1.807, 2.05) is 17.0 Å². The van der Waals surface area contributed by atoms with Gasteiger partial charge in [-0.1, -0.05) is 18.2 Å². The van der Waals surface area contributed by atoms with E-state index in [9.17, 15) is 4.79 Å². The number of carbonyl (C=O) groups excluding carboxylic acids is 1. The molecule has 1 amide bonds. The molecule has 0 spiro atoms. The predicted molar refractivity (Wildman–Crippen MR) is 87.9 cm³/mol. The van der Waals surface area contributed by atoms with Gasteiger partial charge in [0.2, 0.25) is 5.91 Å². The van der Waals surface area contributed by atoms with Crippen molar-refractivity contribution in [1.29, 1.82) is 0 Å². The van der Waals surface area contributed by atoms with Crippen LogP contribution in [0.15, 0.2) is 36.4 Å². The number of nitrogens with zero attached hydrogens (tertiary/aromatic N) is 1. The van der Waals surface area contributed by atoms with Crippen LogP contribution in [0.1, 0.15) is 21.7 Å². The molecule has 2 aromatic rings. The van der Waals surface area contributed by atoms with Crippen molar-refractivity contribution in [3.8, 4) is 0 Å². The van der Waals surface area contributed by atoms with Crippen LogP contribution in [0.3, 0.4) is 0 Å². The molecule has 1 N–H and O–H groups in total. The Kier molecular flexibility index (Phi) is 4.36. The minimum atomic E-state index is 0.162. The molecule has 3 rings (SSSR count). The van der Waals surface area contributed by atoms with Crippen LogP contribution in [0.5, 0.6) is 0 Å². The lowest BCUT2D eigenvalue weighted by atomic mass is 10.0. The number of para-hydroxylation sites is 1. The minimum Gasteiger partial charge on any atom is -0.311 e. The first-order valence-corrected chi connectivity index (χ1v) is 8.20. The van der Waals surface area contributed by atoms with E-state index in [4.69, 9.17) is 0 Å². The molecule has 4 heteroatoms. The zero-order valence-electron chi connectivity index (χ0n) is 12.3. The van der Waals surface area contributed by atoms with E-state index < -0.39 is 0 Å². The summed E-state index contributed by atoms with van der Waals surface area (Å²) in [6.07, 6.45) is 2.12. The van der Waals surface area contributed by atoms with Gasteiger partial charge in [-0.3, -0.25) is 4.79 Å². The molecule has 2 heterocycles. The monoisotopic (exact) mass is 300 g/mol. The third-order valence-corrected chi connectivity index (χ3v) is 4.78. The van der Waals surface area contributed by atoms with E-state index in [0.717, 1.165) is 31.6 Å². The Bertz CT molecular complexity index is 635. The van der Waals surface area contributed by atoms with Gasteiger partial charge in [0, 0.05) is 28.5 Å². The van der Waals surface area contributed by atoms with Gasteiger partial charge in [-0.15, -0.1) is 11.3 Å². The van der Waals surface area contributed by atoms with E-state index in [0.29, 0.717) is 6.54 Å². The molecule has 0 saturated heterocycles. The lowest BCUT2D eigenvalue weighted by Crippen LogP contribution is -2.40. The minimum absolute atomic E-state index is 0.162. The summed E-state index contributed by atoms with van der Waals surface area (Å²) < 4.78 is 0. The summed E-state index contributed by atoms with van der Waals surface area (Å²) in [5, 5.41) is 3.26.